The van der Waals surface area contributed by atoms with E-state index in [1.54, 1.807) is 12.4 Å². The molecule has 0 N–H and O–H groups in total. The van der Waals surface area contributed by atoms with Crippen LogP contribution in [0.3, 0.4) is 0 Å². The lowest BCUT2D eigenvalue weighted by atomic mass is 10.1. The van der Waals surface area contributed by atoms with Gasteiger partial charge >= 0.3 is 6.61 Å². The second-order valence-corrected chi connectivity index (χ2v) is 4.71. The number of nitrogens with zero attached hydrogens (tertiary/aromatic N) is 3. The molecule has 2 aromatic rings. The highest BCUT2D eigenvalue weighted by atomic mass is 35.5. The lowest BCUT2D eigenvalue weighted by Crippen LogP contribution is -2.03. The molecule has 0 aliphatic heterocycles. The Balaban J connectivity index is 1.97. The highest BCUT2D eigenvalue weighted by molar-refractivity contribution is 6.29. The summed E-state index contributed by atoms with van der Waals surface area (Å²) in [5.74, 6) is 0.00495. The van der Waals surface area contributed by atoms with Crippen molar-refractivity contribution in [1.29, 1.82) is 0 Å². The van der Waals surface area contributed by atoms with Crippen molar-refractivity contribution in [1.82, 2.24) is 14.8 Å². The minimum atomic E-state index is -2.91. The summed E-state index contributed by atoms with van der Waals surface area (Å²) in [6.45, 7) is -2.91. The molecule has 0 unspecified atom stereocenters. The van der Waals surface area contributed by atoms with Crippen LogP contribution >= 0.6 is 11.6 Å². The fourth-order valence-corrected chi connectivity index (χ4v) is 1.99. The van der Waals surface area contributed by atoms with Gasteiger partial charge in [0, 0.05) is 29.6 Å². The smallest absolute Gasteiger partial charge is 0.387 e. The molecule has 0 bridgehead atoms. The van der Waals surface area contributed by atoms with Crippen LogP contribution in [-0.2, 0) is 0 Å². The highest BCUT2D eigenvalue weighted by Crippen LogP contribution is 2.37. The Bertz CT molecular complexity index is 598. The van der Waals surface area contributed by atoms with Gasteiger partial charge in [0.1, 0.15) is 10.9 Å². The van der Waals surface area contributed by atoms with Crippen LogP contribution in [0, 0.1) is 0 Å². The molecule has 0 amide bonds. The van der Waals surface area contributed by atoms with Gasteiger partial charge in [-0.05, 0) is 12.8 Å². The first kappa shape index (κ1) is 12.3. The predicted octanol–water partition coefficient (Wildman–Crippen LogP) is 3.53. The first-order valence-corrected chi connectivity index (χ1v) is 6.16. The molecule has 2 heterocycles. The van der Waals surface area contributed by atoms with Gasteiger partial charge in [0.15, 0.2) is 0 Å². The summed E-state index contributed by atoms with van der Waals surface area (Å²) >= 11 is 5.70. The summed E-state index contributed by atoms with van der Waals surface area (Å²) in [4.78, 5) is 3.90. The molecule has 1 aliphatic carbocycles. The van der Waals surface area contributed by atoms with Crippen LogP contribution in [-0.4, -0.2) is 21.4 Å². The summed E-state index contributed by atoms with van der Waals surface area (Å²) in [6.07, 6.45) is 7.03. The molecule has 1 fully saturated rings. The largest absolute Gasteiger partial charge is 0.434 e. The minimum absolute atomic E-state index is 0.00495. The molecule has 100 valence electrons. The van der Waals surface area contributed by atoms with Crippen molar-refractivity contribution in [3.05, 3.63) is 29.8 Å². The molecule has 0 saturated heterocycles. The first-order chi connectivity index (χ1) is 9.13. The van der Waals surface area contributed by atoms with Crippen LogP contribution in [0.5, 0.6) is 5.75 Å². The fourth-order valence-electron chi connectivity index (χ4n) is 1.84. The van der Waals surface area contributed by atoms with Crippen LogP contribution in [0.1, 0.15) is 18.9 Å². The van der Waals surface area contributed by atoms with Crippen molar-refractivity contribution in [2.45, 2.75) is 25.5 Å². The van der Waals surface area contributed by atoms with Crippen LogP contribution in [0.25, 0.3) is 11.1 Å². The van der Waals surface area contributed by atoms with Crippen molar-refractivity contribution in [2.75, 3.05) is 0 Å². The maximum absolute atomic E-state index is 12.4. The van der Waals surface area contributed by atoms with E-state index in [1.165, 1.54) is 12.3 Å². The predicted molar refractivity (Wildman–Crippen MR) is 65.4 cm³/mol. The molecule has 2 aromatic heterocycles. The summed E-state index contributed by atoms with van der Waals surface area (Å²) in [5, 5.41) is 4.32. The van der Waals surface area contributed by atoms with Crippen LogP contribution in [0.2, 0.25) is 5.15 Å². The van der Waals surface area contributed by atoms with Gasteiger partial charge in [0.05, 0.1) is 12.2 Å². The number of alkyl halides is 2. The number of aromatic nitrogens is 3. The van der Waals surface area contributed by atoms with E-state index in [9.17, 15) is 8.78 Å². The molecule has 0 atom stereocenters. The van der Waals surface area contributed by atoms with E-state index in [4.69, 9.17) is 11.6 Å². The van der Waals surface area contributed by atoms with Crippen LogP contribution in [0.4, 0.5) is 8.78 Å². The van der Waals surface area contributed by atoms with Gasteiger partial charge in [-0.3, -0.25) is 4.68 Å². The number of hydrogen-bond donors (Lipinski definition) is 0. The maximum Gasteiger partial charge on any atom is 0.387 e. The van der Waals surface area contributed by atoms with Gasteiger partial charge in [-0.2, -0.15) is 13.9 Å². The van der Waals surface area contributed by atoms with Gasteiger partial charge < -0.3 is 4.74 Å². The summed E-state index contributed by atoms with van der Waals surface area (Å²) in [6, 6.07) is 1.70. The normalized spacial score (nSPS) is 14.9. The second kappa shape index (κ2) is 4.77. The zero-order valence-electron chi connectivity index (χ0n) is 9.76. The standard InChI is InChI=1S/C12H10ClF2N3O/c13-11-3-10(19-12(14)15)9(5-16-11)7-4-17-18(6-7)8-1-2-8/h3-6,8,12H,1-2H2. The molecule has 4 nitrogen and oxygen atoms in total. The molecular formula is C12H10ClF2N3O. The highest BCUT2D eigenvalue weighted by Gasteiger charge is 2.25. The minimum Gasteiger partial charge on any atom is -0.434 e. The van der Waals surface area contributed by atoms with Gasteiger partial charge in [0.2, 0.25) is 0 Å². The Kier molecular flexibility index (Phi) is 3.10. The second-order valence-electron chi connectivity index (χ2n) is 4.32. The molecule has 0 aromatic carbocycles. The van der Waals surface area contributed by atoms with E-state index in [0.717, 1.165) is 12.8 Å². The van der Waals surface area contributed by atoms with E-state index in [0.29, 0.717) is 17.2 Å². The zero-order valence-corrected chi connectivity index (χ0v) is 10.5. The Hall–Kier alpha value is -1.69. The van der Waals surface area contributed by atoms with E-state index >= 15 is 0 Å². The Morgan fingerprint density at radius 3 is 2.84 bits per heavy atom. The molecule has 1 aliphatic rings. The topological polar surface area (TPSA) is 39.9 Å². The molecule has 1 saturated carbocycles. The van der Waals surface area contributed by atoms with Gasteiger partial charge in [-0.15, -0.1) is 0 Å². The lowest BCUT2D eigenvalue weighted by Gasteiger charge is -2.09. The molecule has 7 heteroatoms. The first-order valence-electron chi connectivity index (χ1n) is 5.78. The van der Waals surface area contributed by atoms with E-state index in [-0.39, 0.29) is 10.9 Å². The molecule has 3 rings (SSSR count). The number of ether oxygens (including phenoxy) is 1. The zero-order chi connectivity index (χ0) is 13.4. The SMILES string of the molecule is FC(F)Oc1cc(Cl)ncc1-c1cnn(C2CC2)c1. The quantitative estimate of drug-likeness (QED) is 0.807. The Morgan fingerprint density at radius 1 is 1.37 bits per heavy atom. The number of hydrogen-bond acceptors (Lipinski definition) is 3. The Labute approximate surface area is 113 Å². The molecule has 19 heavy (non-hydrogen) atoms. The third-order valence-electron chi connectivity index (χ3n) is 2.88. The third-order valence-corrected chi connectivity index (χ3v) is 3.09. The third kappa shape index (κ3) is 2.68. The van der Waals surface area contributed by atoms with Gasteiger partial charge in [-0.1, -0.05) is 11.6 Å². The number of rotatable bonds is 4. The van der Waals surface area contributed by atoms with E-state index < -0.39 is 6.61 Å². The van der Waals surface area contributed by atoms with Crippen molar-refractivity contribution in [2.24, 2.45) is 0 Å². The molecule has 0 radical (unpaired) electrons. The Morgan fingerprint density at radius 2 is 2.16 bits per heavy atom. The number of halogens is 3. The summed E-state index contributed by atoms with van der Waals surface area (Å²) < 4.78 is 31.1. The maximum atomic E-state index is 12.4. The van der Waals surface area contributed by atoms with Crippen molar-refractivity contribution in [3.8, 4) is 16.9 Å². The van der Waals surface area contributed by atoms with Crippen molar-refractivity contribution in [3.63, 3.8) is 0 Å². The van der Waals surface area contributed by atoms with Gasteiger partial charge in [0.25, 0.3) is 0 Å². The monoisotopic (exact) mass is 285 g/mol. The van der Waals surface area contributed by atoms with Crippen LogP contribution < -0.4 is 4.74 Å². The summed E-state index contributed by atoms with van der Waals surface area (Å²) in [5.41, 5.74) is 1.14. The average molecular weight is 286 g/mol. The lowest BCUT2D eigenvalue weighted by molar-refractivity contribution is -0.0494. The average Bonchev–Trinajstić information content (AvgIpc) is 3.08. The fraction of sp³-hybridized carbons (Fsp3) is 0.333. The van der Waals surface area contributed by atoms with Crippen molar-refractivity contribution < 1.29 is 13.5 Å². The van der Waals surface area contributed by atoms with E-state index in [1.807, 2.05) is 4.68 Å². The summed E-state index contributed by atoms with van der Waals surface area (Å²) in [7, 11) is 0. The van der Waals surface area contributed by atoms with E-state index in [2.05, 4.69) is 14.8 Å². The molecule has 0 spiro atoms. The van der Waals surface area contributed by atoms with Crippen LogP contribution in [0.15, 0.2) is 24.7 Å². The number of pyridine rings is 1. The molecular weight excluding hydrogens is 276 g/mol. The van der Waals surface area contributed by atoms with Crippen molar-refractivity contribution >= 4 is 11.6 Å². The van der Waals surface area contributed by atoms with Gasteiger partial charge in [-0.25, -0.2) is 4.98 Å².